The van der Waals surface area contributed by atoms with Crippen LogP contribution in [0.4, 0.5) is 11.4 Å². The lowest BCUT2D eigenvalue weighted by Gasteiger charge is -2.28. The summed E-state index contributed by atoms with van der Waals surface area (Å²) in [7, 11) is 0. The summed E-state index contributed by atoms with van der Waals surface area (Å²) in [6.45, 7) is 0.999. The first-order chi connectivity index (χ1) is 13.1. The Morgan fingerprint density at radius 2 is 1.67 bits per heavy atom. The van der Waals surface area contributed by atoms with Crippen LogP contribution in [0.3, 0.4) is 0 Å². The van der Waals surface area contributed by atoms with E-state index < -0.39 is 10.3 Å². The highest BCUT2D eigenvalue weighted by Gasteiger charge is 2.43. The monoisotopic (exact) mass is 368 g/mol. The molecule has 27 heavy (non-hydrogen) atoms. The van der Waals surface area contributed by atoms with Crippen LogP contribution in [0.2, 0.25) is 0 Å². The molecule has 0 bridgehead atoms. The molecule has 1 fully saturated rings. The zero-order valence-corrected chi connectivity index (χ0v) is 14.8. The molecule has 1 saturated carbocycles. The van der Waals surface area contributed by atoms with Crippen LogP contribution in [0.5, 0.6) is 11.5 Å². The van der Waals surface area contributed by atoms with Crippen molar-refractivity contribution in [3.8, 4) is 11.5 Å². The first-order valence-electron chi connectivity index (χ1n) is 9.04. The van der Waals surface area contributed by atoms with Crippen LogP contribution in [0, 0.1) is 10.1 Å². The second-order valence-electron chi connectivity index (χ2n) is 6.91. The molecule has 7 nitrogen and oxygen atoms in total. The molecular formula is C20H20N2O5. The smallest absolute Gasteiger partial charge is 0.269 e. The van der Waals surface area contributed by atoms with E-state index in [9.17, 15) is 14.9 Å². The number of carbonyl (C=O) groups is 1. The Balaban J connectivity index is 1.60. The minimum atomic E-state index is -0.664. The van der Waals surface area contributed by atoms with E-state index in [2.05, 4.69) is 5.32 Å². The van der Waals surface area contributed by atoms with Crippen LogP contribution in [-0.4, -0.2) is 24.0 Å². The van der Waals surface area contributed by atoms with Gasteiger partial charge in [0, 0.05) is 23.9 Å². The average molecular weight is 368 g/mol. The third-order valence-electron chi connectivity index (χ3n) is 5.32. The lowest BCUT2D eigenvalue weighted by atomic mass is 9.78. The van der Waals surface area contributed by atoms with E-state index in [0.29, 0.717) is 30.4 Å². The van der Waals surface area contributed by atoms with Crippen molar-refractivity contribution >= 4 is 17.3 Å². The predicted molar refractivity (Wildman–Crippen MR) is 99.3 cm³/mol. The van der Waals surface area contributed by atoms with E-state index in [0.717, 1.165) is 31.2 Å². The lowest BCUT2D eigenvalue weighted by molar-refractivity contribution is -0.384. The van der Waals surface area contributed by atoms with Gasteiger partial charge in [0.1, 0.15) is 13.2 Å². The van der Waals surface area contributed by atoms with Crippen molar-refractivity contribution in [2.45, 2.75) is 31.1 Å². The normalized spacial score (nSPS) is 17.3. The lowest BCUT2D eigenvalue weighted by Crippen LogP contribution is -2.38. The topological polar surface area (TPSA) is 90.7 Å². The van der Waals surface area contributed by atoms with E-state index in [1.54, 1.807) is 30.3 Å². The summed E-state index contributed by atoms with van der Waals surface area (Å²) in [5, 5.41) is 13.9. The molecule has 1 N–H and O–H groups in total. The van der Waals surface area contributed by atoms with Gasteiger partial charge in [-0.25, -0.2) is 0 Å². The van der Waals surface area contributed by atoms with Gasteiger partial charge in [0.05, 0.1) is 10.3 Å². The molecule has 0 unspecified atom stereocenters. The van der Waals surface area contributed by atoms with Gasteiger partial charge in [0.25, 0.3) is 5.69 Å². The number of rotatable bonds is 4. The summed E-state index contributed by atoms with van der Waals surface area (Å²) in [6, 6.07) is 11.7. The van der Waals surface area contributed by atoms with Crippen molar-refractivity contribution in [3.63, 3.8) is 0 Å². The second kappa shape index (κ2) is 6.90. The predicted octanol–water partition coefficient (Wildman–Crippen LogP) is 3.82. The van der Waals surface area contributed by atoms with Crippen molar-refractivity contribution in [2.24, 2.45) is 0 Å². The number of nitrogens with zero attached hydrogens (tertiary/aromatic N) is 1. The largest absolute Gasteiger partial charge is 0.486 e. The van der Waals surface area contributed by atoms with Crippen molar-refractivity contribution in [3.05, 3.63) is 58.1 Å². The molecule has 2 aromatic rings. The fourth-order valence-electron chi connectivity index (χ4n) is 3.90. The molecule has 2 aliphatic rings. The van der Waals surface area contributed by atoms with Gasteiger partial charge in [0.2, 0.25) is 5.91 Å². The summed E-state index contributed by atoms with van der Waals surface area (Å²) in [5.74, 6) is 1.20. The molecule has 4 rings (SSSR count). The number of carbonyl (C=O) groups excluding carboxylic acids is 1. The molecule has 2 aromatic carbocycles. The number of benzene rings is 2. The number of fused-ring (bicyclic) bond motifs is 1. The fourth-order valence-corrected chi connectivity index (χ4v) is 3.90. The zero-order valence-electron chi connectivity index (χ0n) is 14.8. The Bertz CT molecular complexity index is 872. The first-order valence-corrected chi connectivity index (χ1v) is 9.04. The number of ether oxygens (including phenoxy) is 2. The molecule has 0 saturated heterocycles. The molecule has 1 heterocycles. The Kier molecular flexibility index (Phi) is 4.43. The Morgan fingerprint density at radius 3 is 2.33 bits per heavy atom. The number of nitro benzene ring substituents is 1. The van der Waals surface area contributed by atoms with Gasteiger partial charge < -0.3 is 14.8 Å². The van der Waals surface area contributed by atoms with Gasteiger partial charge in [-0.15, -0.1) is 0 Å². The summed E-state index contributed by atoms with van der Waals surface area (Å²) < 4.78 is 11.1. The van der Waals surface area contributed by atoms with Crippen LogP contribution in [0.25, 0.3) is 0 Å². The number of amides is 1. The van der Waals surface area contributed by atoms with E-state index in [1.165, 1.54) is 12.1 Å². The standard InChI is InChI=1S/C20H20N2O5/c23-19(21-15-5-8-17-18(13-15)27-12-11-26-17)20(9-1-2-10-20)14-3-6-16(7-4-14)22(24)25/h3-8,13H,1-2,9-12H2,(H,21,23). The molecule has 0 radical (unpaired) electrons. The maximum absolute atomic E-state index is 13.2. The molecule has 0 aromatic heterocycles. The molecule has 140 valence electrons. The van der Waals surface area contributed by atoms with E-state index >= 15 is 0 Å². The summed E-state index contributed by atoms with van der Waals surface area (Å²) in [4.78, 5) is 23.7. The van der Waals surface area contributed by atoms with Crippen LogP contribution >= 0.6 is 0 Å². The number of nitro groups is 1. The Morgan fingerprint density at radius 1 is 1.00 bits per heavy atom. The number of nitrogens with one attached hydrogen (secondary N) is 1. The van der Waals surface area contributed by atoms with Gasteiger partial charge in [-0.2, -0.15) is 0 Å². The van der Waals surface area contributed by atoms with E-state index in [4.69, 9.17) is 9.47 Å². The van der Waals surface area contributed by atoms with Crippen LogP contribution in [0.15, 0.2) is 42.5 Å². The van der Waals surface area contributed by atoms with Gasteiger partial charge in [-0.1, -0.05) is 25.0 Å². The molecule has 1 amide bonds. The molecule has 1 aliphatic carbocycles. The van der Waals surface area contributed by atoms with Crippen molar-refractivity contribution in [1.29, 1.82) is 0 Å². The van der Waals surface area contributed by atoms with Gasteiger partial charge in [-0.05, 0) is 30.5 Å². The highest BCUT2D eigenvalue weighted by Crippen LogP contribution is 2.43. The van der Waals surface area contributed by atoms with E-state index in [-0.39, 0.29) is 11.6 Å². The van der Waals surface area contributed by atoms with Gasteiger partial charge in [-0.3, -0.25) is 14.9 Å². The quantitative estimate of drug-likeness (QED) is 0.654. The molecular weight excluding hydrogens is 348 g/mol. The third kappa shape index (κ3) is 3.20. The minimum Gasteiger partial charge on any atom is -0.486 e. The van der Waals surface area contributed by atoms with Crippen molar-refractivity contribution in [2.75, 3.05) is 18.5 Å². The zero-order chi connectivity index (χ0) is 18.9. The third-order valence-corrected chi connectivity index (χ3v) is 5.32. The van der Waals surface area contributed by atoms with Crippen LogP contribution in [0.1, 0.15) is 31.2 Å². The fraction of sp³-hybridized carbons (Fsp3) is 0.350. The summed E-state index contributed by atoms with van der Waals surface area (Å²) >= 11 is 0. The minimum absolute atomic E-state index is 0.0270. The number of hydrogen-bond donors (Lipinski definition) is 1. The SMILES string of the molecule is O=C(Nc1ccc2c(c1)OCCO2)C1(c2ccc([N+](=O)[O-])cc2)CCCC1. The van der Waals surface area contributed by atoms with Gasteiger partial charge in [0.15, 0.2) is 11.5 Å². The maximum Gasteiger partial charge on any atom is 0.269 e. The van der Waals surface area contributed by atoms with Gasteiger partial charge >= 0.3 is 0 Å². The van der Waals surface area contributed by atoms with Crippen molar-refractivity contribution in [1.82, 2.24) is 0 Å². The molecule has 0 spiro atoms. The highest BCUT2D eigenvalue weighted by molar-refractivity contribution is 5.99. The second-order valence-corrected chi connectivity index (χ2v) is 6.91. The molecule has 0 atom stereocenters. The summed E-state index contributed by atoms with van der Waals surface area (Å²) in [6.07, 6.45) is 3.35. The number of anilines is 1. The highest BCUT2D eigenvalue weighted by atomic mass is 16.6. The van der Waals surface area contributed by atoms with E-state index in [1.807, 2.05) is 0 Å². The Labute approximate surface area is 156 Å². The summed E-state index contributed by atoms with van der Waals surface area (Å²) in [5.41, 5.74) is 0.833. The first kappa shape index (κ1) is 17.3. The number of hydrogen-bond acceptors (Lipinski definition) is 5. The average Bonchev–Trinajstić information content (AvgIpc) is 3.19. The maximum atomic E-state index is 13.2. The Hall–Kier alpha value is -3.09. The number of non-ortho nitro benzene ring substituents is 1. The van der Waals surface area contributed by atoms with Crippen LogP contribution in [-0.2, 0) is 10.2 Å². The molecule has 1 aliphatic heterocycles. The van der Waals surface area contributed by atoms with Crippen LogP contribution < -0.4 is 14.8 Å². The van der Waals surface area contributed by atoms with Crippen molar-refractivity contribution < 1.29 is 19.2 Å². The molecule has 7 heteroatoms.